The smallest absolute Gasteiger partial charge is 0.119 e. The van der Waals surface area contributed by atoms with Crippen molar-refractivity contribution in [3.8, 4) is 22.8 Å². The van der Waals surface area contributed by atoms with Crippen molar-refractivity contribution in [2.75, 3.05) is 13.7 Å². The lowest BCUT2D eigenvalue weighted by Gasteiger charge is -2.03. The van der Waals surface area contributed by atoms with Gasteiger partial charge in [0, 0.05) is 16.6 Å². The predicted octanol–water partition coefficient (Wildman–Crippen LogP) is 4.24. The van der Waals surface area contributed by atoms with Crippen LogP contribution >= 0.6 is 0 Å². The van der Waals surface area contributed by atoms with Crippen LogP contribution in [0.1, 0.15) is 6.92 Å². The number of ether oxygens (including phenoxy) is 2. The zero-order chi connectivity index (χ0) is 13.9. The van der Waals surface area contributed by atoms with Crippen molar-refractivity contribution in [1.82, 2.24) is 4.98 Å². The molecule has 0 atom stereocenters. The molecule has 0 spiro atoms. The normalized spacial score (nSPS) is 10.7. The monoisotopic (exact) mass is 267 g/mol. The Labute approximate surface area is 118 Å². The standard InChI is InChI=1S/C17H17NO2/c1-3-20-14-6-4-12(5-7-14)17-11-13-10-15(19-2)8-9-16(13)18-17/h4-11,18H,3H2,1-2H3. The van der Waals surface area contributed by atoms with Crippen molar-refractivity contribution in [3.63, 3.8) is 0 Å². The average Bonchev–Trinajstić information content (AvgIpc) is 2.91. The molecule has 3 heteroatoms. The van der Waals surface area contributed by atoms with E-state index in [1.54, 1.807) is 7.11 Å². The summed E-state index contributed by atoms with van der Waals surface area (Å²) in [4.78, 5) is 3.42. The number of hydrogen-bond donors (Lipinski definition) is 1. The molecule has 20 heavy (non-hydrogen) atoms. The van der Waals surface area contributed by atoms with E-state index in [1.165, 1.54) is 0 Å². The maximum atomic E-state index is 5.46. The minimum absolute atomic E-state index is 0.686. The molecule has 0 aliphatic heterocycles. The minimum atomic E-state index is 0.686. The summed E-state index contributed by atoms with van der Waals surface area (Å²) in [5.41, 5.74) is 3.34. The number of benzene rings is 2. The first-order chi connectivity index (χ1) is 9.80. The number of hydrogen-bond acceptors (Lipinski definition) is 2. The van der Waals surface area contributed by atoms with Crippen molar-refractivity contribution in [2.24, 2.45) is 0 Å². The molecule has 0 aliphatic rings. The third kappa shape index (κ3) is 2.35. The molecule has 3 rings (SSSR count). The van der Waals surface area contributed by atoms with Crippen LogP contribution in [0.3, 0.4) is 0 Å². The van der Waals surface area contributed by atoms with Gasteiger partial charge in [0.15, 0.2) is 0 Å². The fourth-order valence-corrected chi connectivity index (χ4v) is 2.29. The van der Waals surface area contributed by atoms with Gasteiger partial charge in [-0.05, 0) is 61.0 Å². The average molecular weight is 267 g/mol. The van der Waals surface area contributed by atoms with E-state index in [9.17, 15) is 0 Å². The van der Waals surface area contributed by atoms with Gasteiger partial charge >= 0.3 is 0 Å². The van der Waals surface area contributed by atoms with E-state index in [1.807, 2.05) is 37.3 Å². The molecule has 1 aromatic heterocycles. The van der Waals surface area contributed by atoms with Crippen LogP contribution in [0.25, 0.3) is 22.2 Å². The molecule has 0 radical (unpaired) electrons. The van der Waals surface area contributed by atoms with Crippen LogP contribution in [0.15, 0.2) is 48.5 Å². The molecule has 1 heterocycles. The molecule has 1 N–H and O–H groups in total. The van der Waals surface area contributed by atoms with Crippen LogP contribution in [-0.2, 0) is 0 Å². The number of aromatic nitrogens is 1. The number of fused-ring (bicyclic) bond motifs is 1. The highest BCUT2D eigenvalue weighted by Gasteiger charge is 2.04. The molecule has 0 aliphatic carbocycles. The summed E-state index contributed by atoms with van der Waals surface area (Å²) >= 11 is 0. The van der Waals surface area contributed by atoms with Crippen molar-refractivity contribution >= 4 is 10.9 Å². The maximum absolute atomic E-state index is 5.46. The van der Waals surface area contributed by atoms with Crippen molar-refractivity contribution in [1.29, 1.82) is 0 Å². The van der Waals surface area contributed by atoms with Crippen LogP contribution in [0, 0.1) is 0 Å². The Morgan fingerprint density at radius 3 is 2.40 bits per heavy atom. The van der Waals surface area contributed by atoms with Gasteiger partial charge in [-0.3, -0.25) is 0 Å². The van der Waals surface area contributed by atoms with Gasteiger partial charge in [-0.2, -0.15) is 0 Å². The number of rotatable bonds is 4. The van der Waals surface area contributed by atoms with E-state index >= 15 is 0 Å². The summed E-state index contributed by atoms with van der Waals surface area (Å²) < 4.78 is 10.7. The molecule has 0 amide bonds. The Kier molecular flexibility index (Phi) is 3.33. The van der Waals surface area contributed by atoms with E-state index in [0.29, 0.717) is 6.61 Å². The minimum Gasteiger partial charge on any atom is -0.497 e. The quantitative estimate of drug-likeness (QED) is 0.767. The van der Waals surface area contributed by atoms with Gasteiger partial charge in [0.25, 0.3) is 0 Å². The van der Waals surface area contributed by atoms with E-state index in [-0.39, 0.29) is 0 Å². The Bertz CT molecular complexity index is 713. The zero-order valence-corrected chi connectivity index (χ0v) is 11.6. The molecule has 3 aromatic rings. The highest BCUT2D eigenvalue weighted by Crippen LogP contribution is 2.28. The summed E-state index contributed by atoms with van der Waals surface area (Å²) in [6, 6.07) is 16.3. The zero-order valence-electron chi connectivity index (χ0n) is 11.6. The first kappa shape index (κ1) is 12.6. The molecule has 0 saturated heterocycles. The summed E-state index contributed by atoms with van der Waals surface area (Å²) in [5, 5.41) is 1.15. The van der Waals surface area contributed by atoms with Crippen molar-refractivity contribution < 1.29 is 9.47 Å². The fraction of sp³-hybridized carbons (Fsp3) is 0.176. The van der Waals surface area contributed by atoms with Crippen molar-refractivity contribution in [2.45, 2.75) is 6.92 Å². The topological polar surface area (TPSA) is 34.2 Å². The SMILES string of the molecule is CCOc1ccc(-c2cc3cc(OC)ccc3[nH]2)cc1. The Balaban J connectivity index is 1.96. The highest BCUT2D eigenvalue weighted by atomic mass is 16.5. The van der Waals surface area contributed by atoms with Gasteiger partial charge in [0.05, 0.1) is 13.7 Å². The molecule has 0 saturated carbocycles. The third-order valence-electron chi connectivity index (χ3n) is 3.30. The molecule has 0 fully saturated rings. The molecule has 0 unspecified atom stereocenters. The van der Waals surface area contributed by atoms with Crippen LogP contribution < -0.4 is 9.47 Å². The number of methoxy groups -OCH3 is 1. The lowest BCUT2D eigenvalue weighted by Crippen LogP contribution is -1.90. The fourth-order valence-electron chi connectivity index (χ4n) is 2.29. The van der Waals surface area contributed by atoms with Crippen LogP contribution in [-0.4, -0.2) is 18.7 Å². The molecular weight excluding hydrogens is 250 g/mol. The van der Waals surface area contributed by atoms with Crippen LogP contribution in [0.4, 0.5) is 0 Å². The van der Waals surface area contributed by atoms with Gasteiger partial charge < -0.3 is 14.5 Å². The number of H-pyrrole nitrogens is 1. The second-order valence-corrected chi connectivity index (χ2v) is 4.59. The predicted molar refractivity (Wildman–Crippen MR) is 81.5 cm³/mol. The summed E-state index contributed by atoms with van der Waals surface area (Å²) in [5.74, 6) is 1.77. The van der Waals surface area contributed by atoms with E-state index in [4.69, 9.17) is 9.47 Å². The maximum Gasteiger partial charge on any atom is 0.119 e. The summed E-state index contributed by atoms with van der Waals surface area (Å²) in [7, 11) is 1.68. The van der Waals surface area contributed by atoms with Crippen LogP contribution in [0.5, 0.6) is 11.5 Å². The van der Waals surface area contributed by atoms with E-state index < -0.39 is 0 Å². The lowest BCUT2D eigenvalue weighted by atomic mass is 10.1. The van der Waals surface area contributed by atoms with Crippen molar-refractivity contribution in [3.05, 3.63) is 48.5 Å². The van der Waals surface area contributed by atoms with Gasteiger partial charge in [-0.1, -0.05) is 0 Å². The third-order valence-corrected chi connectivity index (χ3v) is 3.30. The van der Waals surface area contributed by atoms with Gasteiger partial charge in [-0.15, -0.1) is 0 Å². The van der Waals surface area contributed by atoms with Gasteiger partial charge in [-0.25, -0.2) is 0 Å². The first-order valence-corrected chi connectivity index (χ1v) is 6.70. The molecule has 0 bridgehead atoms. The Hall–Kier alpha value is -2.42. The van der Waals surface area contributed by atoms with Gasteiger partial charge in [0.1, 0.15) is 11.5 Å². The lowest BCUT2D eigenvalue weighted by molar-refractivity contribution is 0.340. The number of nitrogens with one attached hydrogen (secondary N) is 1. The van der Waals surface area contributed by atoms with Crippen LogP contribution in [0.2, 0.25) is 0 Å². The molecule has 102 valence electrons. The first-order valence-electron chi connectivity index (χ1n) is 6.70. The Morgan fingerprint density at radius 2 is 1.70 bits per heavy atom. The molecule has 3 nitrogen and oxygen atoms in total. The summed E-state index contributed by atoms with van der Waals surface area (Å²) in [6.07, 6.45) is 0. The Morgan fingerprint density at radius 1 is 0.950 bits per heavy atom. The van der Waals surface area contributed by atoms with Gasteiger partial charge in [0.2, 0.25) is 0 Å². The number of aromatic amines is 1. The second-order valence-electron chi connectivity index (χ2n) is 4.59. The summed E-state index contributed by atoms with van der Waals surface area (Å²) in [6.45, 7) is 2.67. The second kappa shape index (κ2) is 5.29. The van der Waals surface area contributed by atoms with E-state index in [2.05, 4.69) is 23.2 Å². The van der Waals surface area contributed by atoms with E-state index in [0.717, 1.165) is 33.7 Å². The largest absolute Gasteiger partial charge is 0.497 e. The molecule has 2 aromatic carbocycles. The molecular formula is C17H17NO2. The highest BCUT2D eigenvalue weighted by molar-refractivity contribution is 5.87.